The highest BCUT2D eigenvalue weighted by Crippen LogP contribution is 2.33. The summed E-state index contributed by atoms with van der Waals surface area (Å²) in [5, 5.41) is 3.18. The first-order valence-corrected chi connectivity index (χ1v) is 12.4. The number of nitrogens with one attached hydrogen (secondary N) is 1. The molecule has 8 nitrogen and oxygen atoms in total. The lowest BCUT2D eigenvalue weighted by atomic mass is 10.1. The number of furan rings is 1. The van der Waals surface area contributed by atoms with Gasteiger partial charge in [0.05, 0.1) is 30.4 Å². The van der Waals surface area contributed by atoms with E-state index in [0.29, 0.717) is 46.0 Å². The number of hydrogen-bond acceptors (Lipinski definition) is 8. The zero-order chi connectivity index (χ0) is 25.1. The zero-order valence-corrected chi connectivity index (χ0v) is 21.0. The maximum absolute atomic E-state index is 13.4. The van der Waals surface area contributed by atoms with Crippen LogP contribution in [0.5, 0.6) is 5.75 Å². The minimum atomic E-state index is -0.286. The quantitative estimate of drug-likeness (QED) is 0.272. The highest BCUT2D eigenvalue weighted by molar-refractivity contribution is 8.26. The minimum absolute atomic E-state index is 0.229. The number of aromatic nitrogens is 2. The van der Waals surface area contributed by atoms with Gasteiger partial charge in [-0.15, -0.1) is 0 Å². The maximum Gasteiger partial charge on any atom is 0.267 e. The Balaban J connectivity index is 1.42. The van der Waals surface area contributed by atoms with Gasteiger partial charge in [-0.25, -0.2) is 4.98 Å². The molecular formula is C26H22N4O4S2. The predicted octanol–water partition coefficient (Wildman–Crippen LogP) is 4.35. The lowest BCUT2D eigenvalue weighted by molar-refractivity contribution is -0.122. The van der Waals surface area contributed by atoms with Gasteiger partial charge in [0.1, 0.15) is 27.3 Å². The van der Waals surface area contributed by atoms with Crippen LogP contribution in [0.3, 0.4) is 0 Å². The standard InChI is InChI=1S/C26H22N4O4S2/c1-33-18-9-7-17(8-10-18)11-13-30-25(32)21(36-26(30)35)15-20-23(27-16-19-5-4-14-34-19)28-22-6-2-3-12-29(22)24(20)31/h2-10,12,14-15,27H,11,13,16H2,1H3/b21-15-. The van der Waals surface area contributed by atoms with Gasteiger partial charge < -0.3 is 14.5 Å². The van der Waals surface area contributed by atoms with Crippen molar-refractivity contribution < 1.29 is 13.9 Å². The molecule has 0 spiro atoms. The summed E-state index contributed by atoms with van der Waals surface area (Å²) in [4.78, 5) is 33.2. The fourth-order valence-electron chi connectivity index (χ4n) is 3.81. The Bertz CT molecular complexity index is 1510. The van der Waals surface area contributed by atoms with Crippen molar-refractivity contribution in [3.63, 3.8) is 0 Å². The molecule has 0 unspecified atom stereocenters. The largest absolute Gasteiger partial charge is 0.497 e. The zero-order valence-electron chi connectivity index (χ0n) is 19.3. The van der Waals surface area contributed by atoms with Gasteiger partial charge in [0.15, 0.2) is 0 Å². The molecule has 1 N–H and O–H groups in total. The number of pyridine rings is 1. The number of carbonyl (C=O) groups is 1. The first-order chi connectivity index (χ1) is 17.5. The molecule has 1 aliphatic heterocycles. The molecule has 3 aromatic heterocycles. The summed E-state index contributed by atoms with van der Waals surface area (Å²) in [6, 6.07) is 16.6. The number of thioether (sulfide) groups is 1. The van der Waals surface area contributed by atoms with Gasteiger partial charge in [0.25, 0.3) is 11.5 Å². The number of rotatable bonds is 8. The number of ether oxygens (including phenoxy) is 1. The van der Waals surface area contributed by atoms with E-state index < -0.39 is 0 Å². The molecule has 182 valence electrons. The van der Waals surface area contributed by atoms with Crippen LogP contribution in [0.25, 0.3) is 11.7 Å². The smallest absolute Gasteiger partial charge is 0.267 e. The van der Waals surface area contributed by atoms with Crippen molar-refractivity contribution in [1.82, 2.24) is 14.3 Å². The van der Waals surface area contributed by atoms with Gasteiger partial charge in [0.2, 0.25) is 0 Å². The Kier molecular flexibility index (Phi) is 6.88. The predicted molar refractivity (Wildman–Crippen MR) is 144 cm³/mol. The van der Waals surface area contributed by atoms with E-state index in [0.717, 1.165) is 11.3 Å². The first-order valence-electron chi connectivity index (χ1n) is 11.2. The maximum atomic E-state index is 13.4. The van der Waals surface area contributed by atoms with E-state index in [-0.39, 0.29) is 17.0 Å². The summed E-state index contributed by atoms with van der Waals surface area (Å²) >= 11 is 6.68. The number of nitrogens with zero attached hydrogens (tertiary/aromatic N) is 3. The molecule has 1 saturated heterocycles. The lowest BCUT2D eigenvalue weighted by Gasteiger charge is -2.14. The van der Waals surface area contributed by atoms with Crippen LogP contribution >= 0.6 is 24.0 Å². The van der Waals surface area contributed by atoms with E-state index in [1.807, 2.05) is 36.4 Å². The number of carbonyl (C=O) groups excluding carboxylic acids is 1. The summed E-state index contributed by atoms with van der Waals surface area (Å²) in [6.07, 6.45) is 5.45. The van der Waals surface area contributed by atoms with Crippen molar-refractivity contribution in [2.45, 2.75) is 13.0 Å². The minimum Gasteiger partial charge on any atom is -0.497 e. The normalized spacial score (nSPS) is 14.7. The Morgan fingerprint density at radius 2 is 1.97 bits per heavy atom. The van der Waals surface area contributed by atoms with Crippen molar-refractivity contribution in [1.29, 1.82) is 0 Å². The Morgan fingerprint density at radius 3 is 2.72 bits per heavy atom. The summed E-state index contributed by atoms with van der Waals surface area (Å²) < 4.78 is 12.5. The fraction of sp³-hybridized carbons (Fsp3) is 0.154. The van der Waals surface area contributed by atoms with Crippen LogP contribution in [0.2, 0.25) is 0 Å². The Labute approximate surface area is 216 Å². The SMILES string of the molecule is COc1ccc(CCN2C(=O)/C(=C/c3c(NCc4ccco4)nc4ccccn4c3=O)SC2=S)cc1. The molecule has 36 heavy (non-hydrogen) atoms. The van der Waals surface area contributed by atoms with Gasteiger partial charge in [-0.1, -0.05) is 42.2 Å². The molecule has 0 saturated carbocycles. The van der Waals surface area contributed by atoms with Crippen molar-refractivity contribution in [2.75, 3.05) is 19.0 Å². The molecule has 4 aromatic rings. The third kappa shape index (κ3) is 4.91. The Morgan fingerprint density at radius 1 is 1.14 bits per heavy atom. The number of fused-ring (bicyclic) bond motifs is 1. The molecule has 0 aliphatic carbocycles. The molecule has 1 fully saturated rings. The third-order valence-corrected chi connectivity index (χ3v) is 7.09. The van der Waals surface area contributed by atoms with E-state index in [4.69, 9.17) is 21.4 Å². The molecule has 5 rings (SSSR count). The van der Waals surface area contributed by atoms with Crippen LogP contribution in [-0.2, 0) is 17.8 Å². The number of methoxy groups -OCH3 is 1. The van der Waals surface area contributed by atoms with Crippen molar-refractivity contribution in [2.24, 2.45) is 0 Å². The molecular weight excluding hydrogens is 496 g/mol. The average Bonchev–Trinajstić information content (AvgIpc) is 3.51. The fourth-order valence-corrected chi connectivity index (χ4v) is 5.10. The van der Waals surface area contributed by atoms with Gasteiger partial charge in [-0.2, -0.15) is 0 Å². The molecule has 1 aliphatic rings. The Hall–Kier alpha value is -3.89. The number of thiocarbonyl (C=S) groups is 1. The van der Waals surface area contributed by atoms with Crippen LogP contribution in [0.4, 0.5) is 5.82 Å². The second-order valence-electron chi connectivity index (χ2n) is 7.97. The third-order valence-electron chi connectivity index (χ3n) is 5.71. The van der Waals surface area contributed by atoms with E-state index in [1.54, 1.807) is 48.7 Å². The van der Waals surface area contributed by atoms with E-state index in [9.17, 15) is 9.59 Å². The molecule has 1 aromatic carbocycles. The molecule has 1 amide bonds. The van der Waals surface area contributed by atoms with Gasteiger partial charge in [0, 0.05) is 12.7 Å². The van der Waals surface area contributed by atoms with Crippen LogP contribution < -0.4 is 15.6 Å². The van der Waals surface area contributed by atoms with Crippen LogP contribution in [0.1, 0.15) is 16.9 Å². The molecule has 0 radical (unpaired) electrons. The van der Waals surface area contributed by atoms with Crippen LogP contribution in [0.15, 0.2) is 81.2 Å². The van der Waals surface area contributed by atoms with Gasteiger partial charge in [-0.05, 0) is 54.5 Å². The number of benzene rings is 1. The monoisotopic (exact) mass is 518 g/mol. The lowest BCUT2D eigenvalue weighted by Crippen LogP contribution is -2.30. The summed E-state index contributed by atoms with van der Waals surface area (Å²) in [5.41, 5.74) is 1.55. The summed E-state index contributed by atoms with van der Waals surface area (Å²) in [7, 11) is 1.62. The van der Waals surface area contributed by atoms with E-state index >= 15 is 0 Å². The van der Waals surface area contributed by atoms with Crippen molar-refractivity contribution in [3.8, 4) is 5.75 Å². The highest BCUT2D eigenvalue weighted by Gasteiger charge is 2.32. The second kappa shape index (κ2) is 10.4. The highest BCUT2D eigenvalue weighted by atomic mass is 32.2. The topological polar surface area (TPSA) is 89.1 Å². The van der Waals surface area contributed by atoms with Crippen molar-refractivity contribution in [3.05, 3.63) is 99.2 Å². The second-order valence-corrected chi connectivity index (χ2v) is 9.65. The molecule has 0 atom stereocenters. The summed E-state index contributed by atoms with van der Waals surface area (Å²) in [6.45, 7) is 0.777. The number of anilines is 1. The van der Waals surface area contributed by atoms with E-state index in [2.05, 4.69) is 10.3 Å². The van der Waals surface area contributed by atoms with Crippen LogP contribution in [0, 0.1) is 0 Å². The van der Waals surface area contributed by atoms with Gasteiger partial charge in [-0.3, -0.25) is 18.9 Å². The van der Waals surface area contributed by atoms with Gasteiger partial charge >= 0.3 is 0 Å². The first kappa shape index (κ1) is 23.8. The molecule has 0 bridgehead atoms. The molecule has 4 heterocycles. The number of amides is 1. The van der Waals surface area contributed by atoms with Crippen molar-refractivity contribution >= 4 is 51.7 Å². The number of hydrogen-bond donors (Lipinski definition) is 1. The van der Waals surface area contributed by atoms with E-state index in [1.165, 1.54) is 16.2 Å². The van der Waals surface area contributed by atoms with Crippen LogP contribution in [-0.4, -0.2) is 38.2 Å². The average molecular weight is 519 g/mol. The molecule has 10 heteroatoms. The summed E-state index contributed by atoms with van der Waals surface area (Å²) in [5.74, 6) is 1.61.